The smallest absolute Gasteiger partial charge is 0.246 e. The second-order valence-electron chi connectivity index (χ2n) is 5.33. The van der Waals surface area contributed by atoms with Gasteiger partial charge in [0.25, 0.3) is 0 Å². The van der Waals surface area contributed by atoms with Crippen LogP contribution in [-0.2, 0) is 9.59 Å². The fourth-order valence-electron chi connectivity index (χ4n) is 2.17. The lowest BCUT2D eigenvalue weighted by Crippen LogP contribution is -2.64. The molecule has 2 amide bonds. The predicted molar refractivity (Wildman–Crippen MR) is 72.2 cm³/mol. The summed E-state index contributed by atoms with van der Waals surface area (Å²) in [5, 5.41) is 2.35. The molecule has 5 nitrogen and oxygen atoms in total. The highest BCUT2D eigenvalue weighted by atomic mass is 16.2. The highest BCUT2D eigenvalue weighted by molar-refractivity contribution is 6.02. The Morgan fingerprint density at radius 3 is 2.58 bits per heavy atom. The van der Waals surface area contributed by atoms with E-state index < -0.39 is 5.54 Å². The van der Waals surface area contributed by atoms with Gasteiger partial charge in [-0.3, -0.25) is 19.8 Å². The third-order valence-electron chi connectivity index (χ3n) is 3.58. The summed E-state index contributed by atoms with van der Waals surface area (Å²) >= 11 is 0. The molecule has 5 heteroatoms. The minimum absolute atomic E-state index is 0.194. The van der Waals surface area contributed by atoms with E-state index in [1.165, 1.54) is 0 Å². The molecule has 1 aromatic carbocycles. The highest BCUT2D eigenvalue weighted by Crippen LogP contribution is 2.21. The normalized spacial score (nSPS) is 21.0. The van der Waals surface area contributed by atoms with E-state index >= 15 is 0 Å². The fourth-order valence-corrected chi connectivity index (χ4v) is 2.17. The number of nitrogens with one attached hydrogen (secondary N) is 1. The maximum Gasteiger partial charge on any atom is 0.246 e. The first-order valence-corrected chi connectivity index (χ1v) is 6.31. The molecule has 1 aromatic rings. The zero-order valence-electron chi connectivity index (χ0n) is 11.2. The van der Waals surface area contributed by atoms with Gasteiger partial charge in [0.05, 0.1) is 12.1 Å². The molecule has 1 aliphatic heterocycles. The Morgan fingerprint density at radius 2 is 1.95 bits per heavy atom. The van der Waals surface area contributed by atoms with Gasteiger partial charge in [-0.05, 0) is 19.4 Å². The highest BCUT2D eigenvalue weighted by Gasteiger charge is 2.41. The van der Waals surface area contributed by atoms with Gasteiger partial charge in [0, 0.05) is 12.6 Å². The van der Waals surface area contributed by atoms with Crippen LogP contribution in [0.1, 0.15) is 25.5 Å². The summed E-state index contributed by atoms with van der Waals surface area (Å²) in [5.41, 5.74) is 6.43. The number of carbonyl (C=O) groups is 2. The van der Waals surface area contributed by atoms with Crippen LogP contribution in [0.4, 0.5) is 0 Å². The molecule has 1 aliphatic rings. The van der Waals surface area contributed by atoms with E-state index in [0.29, 0.717) is 6.54 Å². The van der Waals surface area contributed by atoms with Gasteiger partial charge in [0.2, 0.25) is 11.8 Å². The molecule has 0 saturated carbocycles. The summed E-state index contributed by atoms with van der Waals surface area (Å²) < 4.78 is 0. The Kier molecular flexibility index (Phi) is 3.68. The molecule has 1 unspecified atom stereocenters. The molecule has 2 rings (SSSR count). The van der Waals surface area contributed by atoms with E-state index in [0.717, 1.165) is 5.56 Å². The van der Waals surface area contributed by atoms with Crippen LogP contribution in [0.5, 0.6) is 0 Å². The van der Waals surface area contributed by atoms with Gasteiger partial charge >= 0.3 is 0 Å². The standard InChI is InChI=1S/C14H19N3O2/c1-14(2)13(19)16-12(18)9-17(14)8-11(15)10-6-4-3-5-7-10/h3-7,11H,8-9,15H2,1-2H3,(H,16,18,19). The van der Waals surface area contributed by atoms with Crippen LogP contribution >= 0.6 is 0 Å². The zero-order valence-corrected chi connectivity index (χ0v) is 11.2. The first-order valence-electron chi connectivity index (χ1n) is 6.31. The van der Waals surface area contributed by atoms with Gasteiger partial charge in [-0.25, -0.2) is 0 Å². The van der Waals surface area contributed by atoms with Gasteiger partial charge in [-0.15, -0.1) is 0 Å². The van der Waals surface area contributed by atoms with Crippen molar-refractivity contribution in [2.75, 3.05) is 13.1 Å². The molecule has 0 aliphatic carbocycles. The average molecular weight is 261 g/mol. The summed E-state index contributed by atoms with van der Waals surface area (Å²) in [6.07, 6.45) is 0. The minimum atomic E-state index is -0.722. The third-order valence-corrected chi connectivity index (χ3v) is 3.58. The van der Waals surface area contributed by atoms with Crippen molar-refractivity contribution in [1.82, 2.24) is 10.2 Å². The lowest BCUT2D eigenvalue weighted by atomic mass is 9.96. The van der Waals surface area contributed by atoms with Crippen LogP contribution in [0, 0.1) is 0 Å². The predicted octanol–water partition coefficient (Wildman–Crippen LogP) is 0.423. The summed E-state index contributed by atoms with van der Waals surface area (Å²) in [6, 6.07) is 9.45. The number of hydrogen-bond donors (Lipinski definition) is 2. The Bertz CT molecular complexity index is 485. The van der Waals surface area contributed by atoms with Crippen LogP contribution in [0.3, 0.4) is 0 Å². The number of carbonyl (C=O) groups excluding carboxylic acids is 2. The molecule has 3 N–H and O–H groups in total. The molecule has 0 radical (unpaired) electrons. The number of rotatable bonds is 3. The van der Waals surface area contributed by atoms with Gasteiger partial charge < -0.3 is 5.73 Å². The number of piperazine rings is 1. The molecule has 19 heavy (non-hydrogen) atoms. The van der Waals surface area contributed by atoms with Gasteiger partial charge in [0.1, 0.15) is 0 Å². The second kappa shape index (κ2) is 5.11. The number of nitrogens with two attached hydrogens (primary N) is 1. The Hall–Kier alpha value is -1.72. The Labute approximate surface area is 112 Å². The van der Waals surface area contributed by atoms with E-state index in [1.807, 2.05) is 35.2 Å². The first kappa shape index (κ1) is 13.7. The van der Waals surface area contributed by atoms with E-state index in [1.54, 1.807) is 13.8 Å². The van der Waals surface area contributed by atoms with Crippen molar-refractivity contribution in [2.24, 2.45) is 5.73 Å². The van der Waals surface area contributed by atoms with Crippen LogP contribution in [0.2, 0.25) is 0 Å². The van der Waals surface area contributed by atoms with Gasteiger partial charge in [0.15, 0.2) is 0 Å². The lowest BCUT2D eigenvalue weighted by Gasteiger charge is -2.41. The topological polar surface area (TPSA) is 75.4 Å². The first-order chi connectivity index (χ1) is 8.91. The quantitative estimate of drug-likeness (QED) is 0.773. The van der Waals surface area contributed by atoms with Crippen molar-refractivity contribution in [3.05, 3.63) is 35.9 Å². The molecule has 1 fully saturated rings. The lowest BCUT2D eigenvalue weighted by molar-refractivity contribution is -0.145. The zero-order chi connectivity index (χ0) is 14.0. The third kappa shape index (κ3) is 2.83. The van der Waals surface area contributed by atoms with Gasteiger partial charge in [-0.2, -0.15) is 0 Å². The molecule has 0 aromatic heterocycles. The molecule has 1 heterocycles. The molecular formula is C14H19N3O2. The number of benzene rings is 1. The van der Waals surface area contributed by atoms with Crippen molar-refractivity contribution in [3.63, 3.8) is 0 Å². The number of hydrogen-bond acceptors (Lipinski definition) is 4. The number of amides is 2. The minimum Gasteiger partial charge on any atom is -0.323 e. The fraction of sp³-hybridized carbons (Fsp3) is 0.429. The van der Waals surface area contributed by atoms with E-state index in [-0.39, 0.29) is 24.4 Å². The molecule has 1 atom stereocenters. The van der Waals surface area contributed by atoms with Crippen molar-refractivity contribution in [3.8, 4) is 0 Å². The van der Waals surface area contributed by atoms with E-state index in [4.69, 9.17) is 5.73 Å². The maximum absolute atomic E-state index is 11.8. The second-order valence-corrected chi connectivity index (χ2v) is 5.33. The average Bonchev–Trinajstić information content (AvgIpc) is 2.37. The number of imide groups is 1. The summed E-state index contributed by atoms with van der Waals surface area (Å²) in [4.78, 5) is 25.1. The van der Waals surface area contributed by atoms with Crippen LogP contribution < -0.4 is 11.1 Å². The number of nitrogens with zero attached hydrogens (tertiary/aromatic N) is 1. The summed E-state index contributed by atoms with van der Waals surface area (Å²) in [6.45, 7) is 4.26. The van der Waals surface area contributed by atoms with Crippen LogP contribution in [0.25, 0.3) is 0 Å². The summed E-state index contributed by atoms with van der Waals surface area (Å²) in [5.74, 6) is -0.548. The molecule has 0 bridgehead atoms. The molecule has 1 saturated heterocycles. The van der Waals surface area contributed by atoms with Crippen LogP contribution in [-0.4, -0.2) is 35.3 Å². The van der Waals surface area contributed by atoms with E-state index in [2.05, 4.69) is 5.32 Å². The van der Waals surface area contributed by atoms with Crippen LogP contribution in [0.15, 0.2) is 30.3 Å². The van der Waals surface area contributed by atoms with Crippen molar-refractivity contribution in [2.45, 2.75) is 25.4 Å². The molecular weight excluding hydrogens is 242 g/mol. The van der Waals surface area contributed by atoms with Crippen molar-refractivity contribution < 1.29 is 9.59 Å². The summed E-state index contributed by atoms with van der Waals surface area (Å²) in [7, 11) is 0. The monoisotopic (exact) mass is 261 g/mol. The van der Waals surface area contributed by atoms with Crippen molar-refractivity contribution in [1.29, 1.82) is 0 Å². The maximum atomic E-state index is 11.8. The molecule has 0 spiro atoms. The van der Waals surface area contributed by atoms with Gasteiger partial charge in [-0.1, -0.05) is 30.3 Å². The Morgan fingerprint density at radius 1 is 1.32 bits per heavy atom. The largest absolute Gasteiger partial charge is 0.323 e. The SMILES string of the molecule is CC1(C)C(=O)NC(=O)CN1CC(N)c1ccccc1. The van der Waals surface area contributed by atoms with E-state index in [9.17, 15) is 9.59 Å². The van der Waals surface area contributed by atoms with Crippen molar-refractivity contribution >= 4 is 11.8 Å². The molecule has 102 valence electrons. The Balaban J connectivity index is 2.13.